The predicted molar refractivity (Wildman–Crippen MR) is 104 cm³/mol. The molecule has 0 aliphatic heterocycles. The first-order valence-electron chi connectivity index (χ1n) is 8.22. The standard InChI is InChI=1S/C19H16ClFN2O3S/c1-11(19(25)23-14-7-6-12(21)10-13(14)20)26-18(24)9-8-17-22-15-4-2-3-5-16(15)27-17/h2-7,10-11H,8-9H2,1H3,(H,23,25)/t11-/m1/s1. The molecule has 3 aromatic rings. The van der Waals surface area contributed by atoms with Gasteiger partial charge in [-0.15, -0.1) is 11.3 Å². The number of aromatic nitrogens is 1. The van der Waals surface area contributed by atoms with Gasteiger partial charge in [-0.3, -0.25) is 9.59 Å². The minimum atomic E-state index is -1.01. The molecular weight excluding hydrogens is 391 g/mol. The van der Waals surface area contributed by atoms with E-state index in [0.29, 0.717) is 6.42 Å². The molecule has 1 amide bonds. The Bertz CT molecular complexity index is 959. The van der Waals surface area contributed by atoms with Crippen molar-refractivity contribution in [1.82, 2.24) is 4.98 Å². The van der Waals surface area contributed by atoms with Gasteiger partial charge in [-0.1, -0.05) is 23.7 Å². The summed E-state index contributed by atoms with van der Waals surface area (Å²) in [5.74, 6) is -1.55. The average molecular weight is 407 g/mol. The van der Waals surface area contributed by atoms with E-state index >= 15 is 0 Å². The van der Waals surface area contributed by atoms with Crippen molar-refractivity contribution in [3.8, 4) is 0 Å². The molecule has 3 rings (SSSR count). The van der Waals surface area contributed by atoms with Crippen molar-refractivity contribution in [3.05, 3.63) is 58.3 Å². The molecule has 8 heteroatoms. The summed E-state index contributed by atoms with van der Waals surface area (Å²) in [5, 5.41) is 3.41. The number of carbonyl (C=O) groups is 2. The second kappa shape index (κ2) is 8.45. The van der Waals surface area contributed by atoms with Crippen LogP contribution in [0.3, 0.4) is 0 Å². The van der Waals surface area contributed by atoms with Crippen LogP contribution in [0.5, 0.6) is 0 Å². The van der Waals surface area contributed by atoms with Crippen molar-refractivity contribution in [2.45, 2.75) is 25.9 Å². The van der Waals surface area contributed by atoms with Crippen LogP contribution < -0.4 is 5.32 Å². The van der Waals surface area contributed by atoms with Gasteiger partial charge in [0.15, 0.2) is 6.10 Å². The van der Waals surface area contributed by atoms with Gasteiger partial charge in [0.2, 0.25) is 0 Å². The number of amides is 1. The molecule has 0 aliphatic rings. The Hall–Kier alpha value is -2.51. The lowest BCUT2D eigenvalue weighted by Crippen LogP contribution is -2.30. The molecule has 1 N–H and O–H groups in total. The monoisotopic (exact) mass is 406 g/mol. The summed E-state index contributed by atoms with van der Waals surface area (Å²) in [4.78, 5) is 28.6. The Morgan fingerprint density at radius 3 is 2.81 bits per heavy atom. The van der Waals surface area contributed by atoms with Gasteiger partial charge in [0.25, 0.3) is 5.91 Å². The van der Waals surface area contributed by atoms with E-state index < -0.39 is 23.8 Å². The Kier molecular flexibility index (Phi) is 6.03. The maximum atomic E-state index is 13.0. The van der Waals surface area contributed by atoms with Crippen LogP contribution in [-0.4, -0.2) is 23.0 Å². The zero-order chi connectivity index (χ0) is 19.4. The summed E-state index contributed by atoms with van der Waals surface area (Å²) in [5.41, 5.74) is 1.15. The highest BCUT2D eigenvalue weighted by molar-refractivity contribution is 7.18. The summed E-state index contributed by atoms with van der Waals surface area (Å²) in [6.45, 7) is 1.46. The number of thiazole rings is 1. The molecule has 0 fully saturated rings. The number of para-hydroxylation sites is 1. The maximum Gasteiger partial charge on any atom is 0.306 e. The fourth-order valence-corrected chi connectivity index (χ4v) is 3.55. The van der Waals surface area contributed by atoms with Crippen LogP contribution in [0.4, 0.5) is 10.1 Å². The third kappa shape index (κ3) is 5.02. The third-order valence-electron chi connectivity index (χ3n) is 3.75. The summed E-state index contributed by atoms with van der Waals surface area (Å²) >= 11 is 7.39. The number of rotatable bonds is 6. The van der Waals surface area contributed by atoms with Crippen LogP contribution in [0.15, 0.2) is 42.5 Å². The quantitative estimate of drug-likeness (QED) is 0.608. The molecule has 0 aliphatic carbocycles. The van der Waals surface area contributed by atoms with Crippen molar-refractivity contribution in [3.63, 3.8) is 0 Å². The molecule has 0 radical (unpaired) electrons. The molecule has 2 aromatic carbocycles. The second-order valence-corrected chi connectivity index (χ2v) is 7.34. The fourth-order valence-electron chi connectivity index (χ4n) is 2.37. The predicted octanol–water partition coefficient (Wildman–Crippen LogP) is 4.59. The number of aryl methyl sites for hydroxylation is 1. The number of hydrogen-bond donors (Lipinski definition) is 1. The van der Waals surface area contributed by atoms with Crippen LogP contribution in [0.1, 0.15) is 18.4 Å². The number of hydrogen-bond acceptors (Lipinski definition) is 5. The number of nitrogens with one attached hydrogen (secondary N) is 1. The Morgan fingerprint density at radius 2 is 2.07 bits per heavy atom. The minimum absolute atomic E-state index is 0.0673. The lowest BCUT2D eigenvalue weighted by Gasteiger charge is -2.14. The van der Waals surface area contributed by atoms with Crippen molar-refractivity contribution in [2.24, 2.45) is 0 Å². The van der Waals surface area contributed by atoms with Gasteiger partial charge in [-0.05, 0) is 37.3 Å². The second-order valence-electron chi connectivity index (χ2n) is 5.82. The van der Waals surface area contributed by atoms with Gasteiger partial charge in [0.05, 0.1) is 32.4 Å². The first kappa shape index (κ1) is 19.3. The molecule has 0 unspecified atom stereocenters. The van der Waals surface area contributed by atoms with Gasteiger partial charge in [0.1, 0.15) is 5.82 Å². The van der Waals surface area contributed by atoms with Gasteiger partial charge < -0.3 is 10.1 Å². The van der Waals surface area contributed by atoms with Crippen LogP contribution in [0.25, 0.3) is 10.2 Å². The van der Waals surface area contributed by atoms with E-state index in [1.165, 1.54) is 30.4 Å². The smallest absolute Gasteiger partial charge is 0.306 e. The van der Waals surface area contributed by atoms with E-state index in [2.05, 4.69) is 10.3 Å². The molecule has 0 bridgehead atoms. The number of carbonyl (C=O) groups excluding carboxylic acids is 2. The van der Waals surface area contributed by atoms with Gasteiger partial charge in [-0.2, -0.15) is 0 Å². The molecule has 1 heterocycles. The molecule has 1 aromatic heterocycles. The summed E-state index contributed by atoms with van der Waals surface area (Å²) in [7, 11) is 0. The summed E-state index contributed by atoms with van der Waals surface area (Å²) < 4.78 is 19.2. The van der Waals surface area contributed by atoms with Crippen molar-refractivity contribution in [1.29, 1.82) is 0 Å². The number of nitrogens with zero attached hydrogens (tertiary/aromatic N) is 1. The lowest BCUT2D eigenvalue weighted by molar-refractivity contribution is -0.153. The van der Waals surface area contributed by atoms with Crippen molar-refractivity contribution in [2.75, 3.05) is 5.32 Å². The van der Waals surface area contributed by atoms with E-state index in [-0.39, 0.29) is 17.1 Å². The Labute approximate surface area is 164 Å². The highest BCUT2D eigenvalue weighted by Crippen LogP contribution is 2.24. The van der Waals surface area contributed by atoms with Crippen molar-refractivity contribution >= 4 is 50.7 Å². The van der Waals surface area contributed by atoms with Gasteiger partial charge >= 0.3 is 5.97 Å². The first-order valence-corrected chi connectivity index (χ1v) is 9.41. The fraction of sp³-hybridized carbons (Fsp3) is 0.211. The molecule has 27 heavy (non-hydrogen) atoms. The number of halogens is 2. The van der Waals surface area contributed by atoms with Crippen LogP contribution in [0.2, 0.25) is 5.02 Å². The molecule has 1 atom stereocenters. The minimum Gasteiger partial charge on any atom is -0.453 e. The van der Waals surface area contributed by atoms with E-state index in [1.54, 1.807) is 0 Å². The van der Waals surface area contributed by atoms with Gasteiger partial charge in [-0.25, -0.2) is 9.37 Å². The number of fused-ring (bicyclic) bond motifs is 1. The Morgan fingerprint density at radius 1 is 1.30 bits per heavy atom. The largest absolute Gasteiger partial charge is 0.453 e. The normalized spacial score (nSPS) is 12.0. The van der Waals surface area contributed by atoms with Crippen molar-refractivity contribution < 1.29 is 18.7 Å². The summed E-state index contributed by atoms with van der Waals surface area (Å²) in [6, 6.07) is 11.3. The summed E-state index contributed by atoms with van der Waals surface area (Å²) in [6.07, 6.45) is -0.445. The Balaban J connectivity index is 1.51. The van der Waals surface area contributed by atoms with Gasteiger partial charge in [0, 0.05) is 6.42 Å². The lowest BCUT2D eigenvalue weighted by atomic mass is 10.3. The number of anilines is 1. The maximum absolute atomic E-state index is 13.0. The zero-order valence-corrected chi connectivity index (χ0v) is 15.9. The molecule has 0 spiro atoms. The SMILES string of the molecule is C[C@@H](OC(=O)CCc1nc2ccccc2s1)C(=O)Nc1ccc(F)cc1Cl. The number of benzene rings is 2. The number of ether oxygens (including phenoxy) is 1. The molecule has 0 saturated heterocycles. The average Bonchev–Trinajstić information content (AvgIpc) is 3.05. The topological polar surface area (TPSA) is 68.3 Å². The number of esters is 1. The van der Waals surface area contributed by atoms with Crippen LogP contribution >= 0.6 is 22.9 Å². The van der Waals surface area contributed by atoms with E-state index in [4.69, 9.17) is 16.3 Å². The van der Waals surface area contributed by atoms with E-state index in [9.17, 15) is 14.0 Å². The van der Waals surface area contributed by atoms with E-state index in [1.807, 2.05) is 24.3 Å². The van der Waals surface area contributed by atoms with Crippen LogP contribution in [-0.2, 0) is 20.7 Å². The molecular formula is C19H16ClFN2O3S. The molecule has 5 nitrogen and oxygen atoms in total. The highest BCUT2D eigenvalue weighted by Gasteiger charge is 2.19. The first-order chi connectivity index (χ1) is 12.9. The molecule has 140 valence electrons. The zero-order valence-electron chi connectivity index (χ0n) is 14.4. The van der Waals surface area contributed by atoms with Crippen LogP contribution in [0, 0.1) is 5.82 Å². The van der Waals surface area contributed by atoms with E-state index in [0.717, 1.165) is 21.3 Å². The third-order valence-corrected chi connectivity index (χ3v) is 5.16. The molecule has 0 saturated carbocycles. The highest BCUT2D eigenvalue weighted by atomic mass is 35.5.